The molecule has 1 heterocycles. The molecule has 1 N–H and O–H groups in total. The summed E-state index contributed by atoms with van der Waals surface area (Å²) in [6.45, 7) is 2.27. The van der Waals surface area contributed by atoms with Crippen LogP contribution in [0.25, 0.3) is 11.3 Å². The van der Waals surface area contributed by atoms with Crippen molar-refractivity contribution in [1.29, 1.82) is 0 Å². The average Bonchev–Trinajstić information content (AvgIpc) is 3.28. The van der Waals surface area contributed by atoms with Gasteiger partial charge in [-0.05, 0) is 24.6 Å². The predicted molar refractivity (Wildman–Crippen MR) is 122 cm³/mol. The van der Waals surface area contributed by atoms with Crippen molar-refractivity contribution in [2.75, 3.05) is 18.1 Å². The summed E-state index contributed by atoms with van der Waals surface area (Å²) in [6, 6.07) is 15.6. The summed E-state index contributed by atoms with van der Waals surface area (Å²) < 4.78 is 5.20. The number of carbonyl (C=O) groups is 2. The molecular weight excluding hydrogens is 412 g/mol. The minimum absolute atomic E-state index is 0.0328. The summed E-state index contributed by atoms with van der Waals surface area (Å²) in [7, 11) is 0. The van der Waals surface area contributed by atoms with Gasteiger partial charge in [0.05, 0.1) is 11.3 Å². The zero-order chi connectivity index (χ0) is 22.1. The number of carbonyl (C=O) groups excluding carboxylic acids is 2. The minimum Gasteiger partial charge on any atom is -0.508 e. The smallest absolute Gasteiger partial charge is 0.338 e. The van der Waals surface area contributed by atoms with Crippen LogP contribution in [-0.2, 0) is 9.53 Å². The molecule has 7 heteroatoms. The van der Waals surface area contributed by atoms with Gasteiger partial charge in [-0.2, -0.15) is 0 Å². The van der Waals surface area contributed by atoms with E-state index in [4.69, 9.17) is 4.74 Å². The molecule has 0 unspecified atom stereocenters. The molecule has 0 saturated carbocycles. The molecule has 2 aromatic carbocycles. The maximum atomic E-state index is 12.9. The molecule has 31 heavy (non-hydrogen) atoms. The molecule has 0 bridgehead atoms. The van der Waals surface area contributed by atoms with Crippen molar-refractivity contribution in [2.45, 2.75) is 32.6 Å². The zero-order valence-corrected chi connectivity index (χ0v) is 18.3. The number of ether oxygens (including phenoxy) is 1. The number of phenolic OH excluding ortho intramolecular Hbond substituents is 1. The molecule has 0 fully saturated rings. The van der Waals surface area contributed by atoms with Crippen molar-refractivity contribution in [1.82, 2.24) is 4.98 Å². The Morgan fingerprint density at radius 3 is 2.61 bits per heavy atom. The number of aromatic hydroxyl groups is 1. The minimum atomic E-state index is -0.653. The number of hydrogen-bond acceptors (Lipinski definition) is 6. The van der Waals surface area contributed by atoms with Crippen LogP contribution in [-0.4, -0.2) is 35.1 Å². The van der Waals surface area contributed by atoms with Crippen molar-refractivity contribution >= 4 is 28.3 Å². The van der Waals surface area contributed by atoms with E-state index in [-0.39, 0.29) is 23.8 Å². The lowest BCUT2D eigenvalue weighted by Gasteiger charge is -2.20. The van der Waals surface area contributed by atoms with Crippen LogP contribution in [0.3, 0.4) is 0 Å². The highest BCUT2D eigenvalue weighted by molar-refractivity contribution is 7.14. The van der Waals surface area contributed by atoms with Gasteiger partial charge in [-0.3, -0.25) is 9.69 Å². The lowest BCUT2D eigenvalue weighted by atomic mass is 10.2. The van der Waals surface area contributed by atoms with Crippen molar-refractivity contribution in [3.8, 4) is 17.0 Å². The van der Waals surface area contributed by atoms with E-state index < -0.39 is 5.97 Å². The first-order valence-electron chi connectivity index (χ1n) is 10.4. The lowest BCUT2D eigenvalue weighted by molar-refractivity contribution is -0.121. The van der Waals surface area contributed by atoms with Crippen molar-refractivity contribution in [3.05, 3.63) is 65.5 Å². The van der Waals surface area contributed by atoms with Crippen LogP contribution in [0.2, 0.25) is 0 Å². The molecule has 0 saturated heterocycles. The Morgan fingerprint density at radius 2 is 1.87 bits per heavy atom. The first kappa shape index (κ1) is 22.5. The van der Waals surface area contributed by atoms with Gasteiger partial charge in [0, 0.05) is 17.5 Å². The van der Waals surface area contributed by atoms with Gasteiger partial charge in [-0.25, -0.2) is 9.78 Å². The highest BCUT2D eigenvalue weighted by Gasteiger charge is 2.21. The van der Waals surface area contributed by atoms with Crippen LogP contribution >= 0.6 is 11.3 Å². The van der Waals surface area contributed by atoms with Crippen LogP contribution < -0.4 is 4.90 Å². The van der Waals surface area contributed by atoms with Crippen LogP contribution in [0.1, 0.15) is 43.0 Å². The van der Waals surface area contributed by atoms with E-state index >= 15 is 0 Å². The standard InChI is InChI=1S/C24H26N2O4S/c1-2-3-4-8-14-26(24-25-21(17-31-24)18-10-6-5-7-11-18)22(28)16-30-23(29)19-12-9-13-20(27)15-19/h5-7,9-13,15,17,27H,2-4,8,14,16H2,1H3. The van der Waals surface area contributed by atoms with Crippen LogP contribution in [0, 0.1) is 0 Å². The Bertz CT molecular complexity index is 1000. The number of amides is 1. The van der Waals surface area contributed by atoms with E-state index in [1.165, 1.54) is 29.5 Å². The third-order valence-corrected chi connectivity index (χ3v) is 5.60. The summed E-state index contributed by atoms with van der Waals surface area (Å²) in [4.78, 5) is 31.4. The Morgan fingerprint density at radius 1 is 1.06 bits per heavy atom. The highest BCUT2D eigenvalue weighted by Crippen LogP contribution is 2.28. The fraction of sp³-hybridized carbons (Fsp3) is 0.292. The van der Waals surface area contributed by atoms with Gasteiger partial charge in [0.25, 0.3) is 5.91 Å². The number of esters is 1. The van der Waals surface area contributed by atoms with Gasteiger partial charge in [0.2, 0.25) is 0 Å². The number of thiazole rings is 1. The second-order valence-electron chi connectivity index (χ2n) is 7.11. The Balaban J connectivity index is 1.70. The van der Waals surface area contributed by atoms with E-state index in [2.05, 4.69) is 11.9 Å². The molecule has 6 nitrogen and oxygen atoms in total. The maximum Gasteiger partial charge on any atom is 0.338 e. The Labute approximate surface area is 186 Å². The quantitative estimate of drug-likeness (QED) is 0.344. The van der Waals surface area contributed by atoms with E-state index in [9.17, 15) is 14.7 Å². The number of unbranched alkanes of at least 4 members (excludes halogenated alkanes) is 3. The number of rotatable bonds is 10. The van der Waals surface area contributed by atoms with E-state index in [1.807, 2.05) is 35.7 Å². The molecule has 1 amide bonds. The highest BCUT2D eigenvalue weighted by atomic mass is 32.1. The van der Waals surface area contributed by atoms with E-state index in [0.717, 1.165) is 36.9 Å². The van der Waals surface area contributed by atoms with Gasteiger partial charge in [0.1, 0.15) is 5.75 Å². The normalized spacial score (nSPS) is 10.6. The van der Waals surface area contributed by atoms with Gasteiger partial charge in [-0.15, -0.1) is 11.3 Å². The van der Waals surface area contributed by atoms with Crippen LogP contribution in [0.5, 0.6) is 5.75 Å². The second kappa shape index (κ2) is 11.3. The number of phenols is 1. The van der Waals surface area contributed by atoms with Gasteiger partial charge in [0.15, 0.2) is 11.7 Å². The number of aromatic nitrogens is 1. The van der Waals surface area contributed by atoms with Crippen molar-refractivity contribution < 1.29 is 19.4 Å². The fourth-order valence-electron chi connectivity index (χ4n) is 3.07. The molecule has 0 spiro atoms. The molecule has 0 aliphatic carbocycles. The summed E-state index contributed by atoms with van der Waals surface area (Å²) in [5.41, 5.74) is 1.99. The van der Waals surface area contributed by atoms with Crippen LogP contribution in [0.15, 0.2) is 60.0 Å². The molecule has 0 atom stereocenters. The summed E-state index contributed by atoms with van der Waals surface area (Å²) in [5.74, 6) is -1.01. The molecule has 162 valence electrons. The molecule has 0 radical (unpaired) electrons. The SMILES string of the molecule is CCCCCCN(C(=O)COC(=O)c1cccc(O)c1)c1nc(-c2ccccc2)cs1. The zero-order valence-electron chi connectivity index (χ0n) is 17.5. The van der Waals surface area contributed by atoms with Gasteiger partial charge in [-0.1, -0.05) is 62.6 Å². The predicted octanol–water partition coefficient (Wildman–Crippen LogP) is 5.29. The summed E-state index contributed by atoms with van der Waals surface area (Å²) in [6.07, 6.45) is 4.06. The molecular formula is C24H26N2O4S. The van der Waals surface area contributed by atoms with Crippen molar-refractivity contribution in [2.24, 2.45) is 0 Å². The Hall–Kier alpha value is -3.19. The van der Waals surface area contributed by atoms with Gasteiger partial charge >= 0.3 is 5.97 Å². The maximum absolute atomic E-state index is 12.9. The summed E-state index contributed by atoms with van der Waals surface area (Å²) >= 11 is 1.40. The first-order chi connectivity index (χ1) is 15.1. The molecule has 3 rings (SSSR count). The number of anilines is 1. The van der Waals surface area contributed by atoms with Crippen LogP contribution in [0.4, 0.5) is 5.13 Å². The molecule has 0 aliphatic rings. The average molecular weight is 439 g/mol. The third kappa shape index (κ3) is 6.39. The van der Waals surface area contributed by atoms with Gasteiger partial charge < -0.3 is 9.84 Å². The largest absolute Gasteiger partial charge is 0.508 e. The lowest BCUT2D eigenvalue weighted by Crippen LogP contribution is -2.35. The second-order valence-corrected chi connectivity index (χ2v) is 7.95. The molecule has 3 aromatic rings. The summed E-state index contributed by atoms with van der Waals surface area (Å²) in [5, 5.41) is 12.0. The first-order valence-corrected chi connectivity index (χ1v) is 11.2. The third-order valence-electron chi connectivity index (χ3n) is 4.74. The Kier molecular flexibility index (Phi) is 8.18. The molecule has 0 aliphatic heterocycles. The number of nitrogens with zero attached hydrogens (tertiary/aromatic N) is 2. The number of hydrogen-bond donors (Lipinski definition) is 1. The van der Waals surface area contributed by atoms with E-state index in [1.54, 1.807) is 11.0 Å². The number of benzene rings is 2. The topological polar surface area (TPSA) is 79.7 Å². The van der Waals surface area contributed by atoms with E-state index in [0.29, 0.717) is 11.7 Å². The monoisotopic (exact) mass is 438 g/mol. The molecule has 1 aromatic heterocycles. The fourth-order valence-corrected chi connectivity index (χ4v) is 3.95. The van der Waals surface area contributed by atoms with Crippen molar-refractivity contribution in [3.63, 3.8) is 0 Å².